The molecule has 2 heterocycles. The molecular formula is C6H8N4Zn. The molecule has 0 aliphatic carbocycles. The van der Waals surface area contributed by atoms with Gasteiger partial charge in [0.2, 0.25) is 0 Å². The zero-order valence-electron chi connectivity index (χ0n) is 6.07. The molecule has 0 atom stereocenters. The zero-order chi connectivity index (χ0) is 7.07. The minimum absolute atomic E-state index is 0. The van der Waals surface area contributed by atoms with E-state index < -0.39 is 0 Å². The molecule has 5 heteroatoms. The van der Waals surface area contributed by atoms with E-state index in [1.165, 1.54) is 0 Å². The molecule has 0 aliphatic rings. The summed E-state index contributed by atoms with van der Waals surface area (Å²) in [5.74, 6) is 0. The Labute approximate surface area is 77.2 Å². The number of nitrogens with one attached hydrogen (secondary N) is 2. The summed E-state index contributed by atoms with van der Waals surface area (Å²) in [6.45, 7) is 0. The van der Waals surface area contributed by atoms with Gasteiger partial charge in [-0.05, 0) is 0 Å². The van der Waals surface area contributed by atoms with Gasteiger partial charge in [0, 0.05) is 44.3 Å². The minimum atomic E-state index is 0. The van der Waals surface area contributed by atoms with Crippen LogP contribution >= 0.6 is 0 Å². The molecular weight excluding hydrogens is 193 g/mol. The fourth-order valence-corrected chi connectivity index (χ4v) is 0.430. The Morgan fingerprint density at radius 1 is 0.818 bits per heavy atom. The van der Waals surface area contributed by atoms with Gasteiger partial charge in [-0.3, -0.25) is 0 Å². The van der Waals surface area contributed by atoms with Crippen LogP contribution in [0.4, 0.5) is 0 Å². The van der Waals surface area contributed by atoms with E-state index in [1.807, 2.05) is 0 Å². The van der Waals surface area contributed by atoms with Crippen molar-refractivity contribution in [1.82, 2.24) is 19.9 Å². The first-order valence-corrected chi connectivity index (χ1v) is 2.85. The second-order valence-corrected chi connectivity index (χ2v) is 1.52. The van der Waals surface area contributed by atoms with Crippen LogP contribution in [-0.2, 0) is 19.5 Å². The first-order chi connectivity index (χ1) is 5.00. The fourth-order valence-electron chi connectivity index (χ4n) is 0.430. The Morgan fingerprint density at radius 3 is 1.36 bits per heavy atom. The standard InChI is InChI=1S/2C3H4N2.Zn/c2*1-2-5-3-4-1;/h2*1-3H,(H,4,5);. The number of nitrogens with zero attached hydrogens (tertiary/aromatic N) is 2. The third-order valence-corrected chi connectivity index (χ3v) is 0.812. The average Bonchev–Trinajstić information content (AvgIpc) is 2.67. The summed E-state index contributed by atoms with van der Waals surface area (Å²) in [5, 5.41) is 0. The largest absolute Gasteiger partial charge is 0.351 e. The van der Waals surface area contributed by atoms with Crippen molar-refractivity contribution < 1.29 is 19.5 Å². The Bertz CT molecular complexity index is 154. The average molecular weight is 202 g/mol. The molecule has 54 valence electrons. The molecule has 0 radical (unpaired) electrons. The first kappa shape index (κ1) is 10.0. The fraction of sp³-hybridized carbons (Fsp3) is 0. The number of hydrogen-bond donors (Lipinski definition) is 2. The molecule has 0 saturated heterocycles. The van der Waals surface area contributed by atoms with Crippen molar-refractivity contribution >= 4 is 0 Å². The van der Waals surface area contributed by atoms with Crippen LogP contribution in [0.25, 0.3) is 0 Å². The number of H-pyrrole nitrogens is 2. The van der Waals surface area contributed by atoms with E-state index in [-0.39, 0.29) is 19.5 Å². The third kappa shape index (κ3) is 5.49. The van der Waals surface area contributed by atoms with E-state index in [0.29, 0.717) is 0 Å². The van der Waals surface area contributed by atoms with Crippen LogP contribution in [-0.4, -0.2) is 19.9 Å². The molecule has 0 aromatic carbocycles. The summed E-state index contributed by atoms with van der Waals surface area (Å²) < 4.78 is 0. The quantitative estimate of drug-likeness (QED) is 0.620. The van der Waals surface area contributed by atoms with Crippen molar-refractivity contribution in [2.75, 3.05) is 0 Å². The van der Waals surface area contributed by atoms with Gasteiger partial charge in [0.05, 0.1) is 12.7 Å². The summed E-state index contributed by atoms with van der Waals surface area (Å²) in [7, 11) is 0. The maximum Gasteiger partial charge on any atom is 0.0919 e. The SMILES string of the molecule is [Zn].c1c[nH]cn1.c1c[nH]cn1. The number of rotatable bonds is 0. The van der Waals surface area contributed by atoms with Gasteiger partial charge in [0.1, 0.15) is 0 Å². The van der Waals surface area contributed by atoms with Crippen molar-refractivity contribution in [2.24, 2.45) is 0 Å². The molecule has 2 aromatic heterocycles. The van der Waals surface area contributed by atoms with Crippen molar-refractivity contribution in [3.05, 3.63) is 37.4 Å². The van der Waals surface area contributed by atoms with Crippen LogP contribution in [0, 0.1) is 0 Å². The van der Waals surface area contributed by atoms with Gasteiger partial charge in [-0.2, -0.15) is 0 Å². The minimum Gasteiger partial charge on any atom is -0.351 e. The predicted octanol–water partition coefficient (Wildman–Crippen LogP) is 0.817. The van der Waals surface area contributed by atoms with Gasteiger partial charge in [0.25, 0.3) is 0 Å². The van der Waals surface area contributed by atoms with Gasteiger partial charge in [-0.1, -0.05) is 0 Å². The Morgan fingerprint density at radius 2 is 1.27 bits per heavy atom. The molecule has 0 amide bonds. The Kier molecular flexibility index (Phi) is 6.53. The second kappa shape index (κ2) is 7.15. The molecule has 0 spiro atoms. The van der Waals surface area contributed by atoms with Gasteiger partial charge in [0.15, 0.2) is 0 Å². The molecule has 0 saturated carbocycles. The Hall–Kier alpha value is -0.957. The summed E-state index contributed by atoms with van der Waals surface area (Å²) in [5.41, 5.74) is 0. The van der Waals surface area contributed by atoms with Gasteiger partial charge >= 0.3 is 0 Å². The number of aromatic nitrogens is 4. The Balaban J connectivity index is 0.000000167. The summed E-state index contributed by atoms with van der Waals surface area (Å²) >= 11 is 0. The van der Waals surface area contributed by atoms with Crippen molar-refractivity contribution in [3.63, 3.8) is 0 Å². The molecule has 11 heavy (non-hydrogen) atoms. The molecule has 4 nitrogen and oxygen atoms in total. The van der Waals surface area contributed by atoms with E-state index in [0.717, 1.165) is 0 Å². The second-order valence-electron chi connectivity index (χ2n) is 1.52. The van der Waals surface area contributed by atoms with E-state index in [2.05, 4.69) is 19.9 Å². The van der Waals surface area contributed by atoms with Gasteiger partial charge in [-0.15, -0.1) is 0 Å². The molecule has 0 unspecified atom stereocenters. The molecule has 0 fully saturated rings. The normalized spacial score (nSPS) is 7.27. The van der Waals surface area contributed by atoms with Crippen molar-refractivity contribution in [1.29, 1.82) is 0 Å². The van der Waals surface area contributed by atoms with Crippen LogP contribution in [0.15, 0.2) is 37.4 Å². The van der Waals surface area contributed by atoms with E-state index >= 15 is 0 Å². The zero-order valence-corrected chi connectivity index (χ0v) is 9.03. The van der Waals surface area contributed by atoms with Gasteiger partial charge in [-0.25, -0.2) is 9.97 Å². The number of imidazole rings is 2. The third-order valence-electron chi connectivity index (χ3n) is 0.812. The predicted molar refractivity (Wildman–Crippen MR) is 37.2 cm³/mol. The molecule has 2 rings (SSSR count). The summed E-state index contributed by atoms with van der Waals surface area (Å²) in [6.07, 6.45) is 10.2. The maximum atomic E-state index is 3.67. The van der Waals surface area contributed by atoms with Crippen LogP contribution in [0.1, 0.15) is 0 Å². The van der Waals surface area contributed by atoms with Crippen LogP contribution < -0.4 is 0 Å². The van der Waals surface area contributed by atoms with Crippen LogP contribution in [0.5, 0.6) is 0 Å². The van der Waals surface area contributed by atoms with E-state index in [9.17, 15) is 0 Å². The van der Waals surface area contributed by atoms with Gasteiger partial charge < -0.3 is 9.97 Å². The first-order valence-electron chi connectivity index (χ1n) is 2.85. The summed E-state index contributed by atoms with van der Waals surface area (Å²) in [4.78, 5) is 12.8. The van der Waals surface area contributed by atoms with Crippen LogP contribution in [0.2, 0.25) is 0 Å². The van der Waals surface area contributed by atoms with Crippen molar-refractivity contribution in [2.45, 2.75) is 0 Å². The summed E-state index contributed by atoms with van der Waals surface area (Å²) in [6, 6.07) is 0. The number of aromatic amines is 2. The van der Waals surface area contributed by atoms with E-state index in [4.69, 9.17) is 0 Å². The van der Waals surface area contributed by atoms with Crippen molar-refractivity contribution in [3.8, 4) is 0 Å². The molecule has 2 aromatic rings. The monoisotopic (exact) mass is 200 g/mol. The molecule has 0 aliphatic heterocycles. The van der Waals surface area contributed by atoms with Crippen LogP contribution in [0.3, 0.4) is 0 Å². The smallest absolute Gasteiger partial charge is 0.0919 e. The molecule has 0 bridgehead atoms. The van der Waals surface area contributed by atoms with E-state index in [1.54, 1.807) is 37.4 Å². The maximum absolute atomic E-state index is 3.67. The number of hydrogen-bond acceptors (Lipinski definition) is 2. The topological polar surface area (TPSA) is 57.4 Å². The molecule has 2 N–H and O–H groups in total.